The quantitative estimate of drug-likeness (QED) is 0.870. The normalized spacial score (nSPS) is 19.4. The number of hydrogen-bond donors (Lipinski definition) is 1. The molecule has 1 N–H and O–H groups in total. The molecule has 2 aliphatic rings. The molecule has 0 fully saturated rings. The van der Waals surface area contributed by atoms with Crippen molar-refractivity contribution in [3.05, 3.63) is 28.6 Å². The molecule has 5 nitrogen and oxygen atoms in total. The molecule has 1 heterocycles. The van der Waals surface area contributed by atoms with E-state index in [-0.39, 0.29) is 17.7 Å². The lowest BCUT2D eigenvalue weighted by Gasteiger charge is -2.20. The van der Waals surface area contributed by atoms with Gasteiger partial charge >= 0.3 is 0 Å². The van der Waals surface area contributed by atoms with Gasteiger partial charge in [0.2, 0.25) is 0 Å². The molecule has 1 atom stereocenters. The van der Waals surface area contributed by atoms with Crippen LogP contribution in [0, 0.1) is 0 Å². The third-order valence-corrected chi connectivity index (χ3v) is 4.73. The fourth-order valence-corrected chi connectivity index (χ4v) is 3.44. The summed E-state index contributed by atoms with van der Waals surface area (Å²) in [5.74, 6) is 0.0307. The zero-order valence-corrected chi connectivity index (χ0v) is 13.3. The van der Waals surface area contributed by atoms with Crippen molar-refractivity contribution in [2.24, 2.45) is 7.05 Å². The minimum Gasteiger partial charge on any atom is -0.344 e. The molecule has 1 aromatic heterocycles. The Bertz CT molecular complexity index is 643. The lowest BCUT2D eigenvalue weighted by atomic mass is 9.93. The molecule has 0 radical (unpaired) electrons. The van der Waals surface area contributed by atoms with E-state index in [0.717, 1.165) is 24.1 Å². The highest BCUT2D eigenvalue weighted by Gasteiger charge is 2.28. The van der Waals surface area contributed by atoms with Gasteiger partial charge in [0.1, 0.15) is 5.78 Å². The first-order valence-corrected chi connectivity index (χ1v) is 8.12. The lowest BCUT2D eigenvalue weighted by Crippen LogP contribution is -2.35. The van der Waals surface area contributed by atoms with Crippen LogP contribution in [0.1, 0.15) is 60.8 Å². The largest absolute Gasteiger partial charge is 0.344 e. The second kappa shape index (κ2) is 6.07. The second-order valence-electron chi connectivity index (χ2n) is 6.33. The molecule has 0 bridgehead atoms. The van der Waals surface area contributed by atoms with E-state index in [1.54, 1.807) is 4.68 Å². The monoisotopic (exact) mass is 301 g/mol. The third-order valence-electron chi connectivity index (χ3n) is 4.73. The summed E-state index contributed by atoms with van der Waals surface area (Å²) >= 11 is 0. The summed E-state index contributed by atoms with van der Waals surface area (Å²) in [7, 11) is 1.85. The highest BCUT2D eigenvalue weighted by atomic mass is 16.2. The van der Waals surface area contributed by atoms with E-state index in [9.17, 15) is 9.59 Å². The predicted molar refractivity (Wildman–Crippen MR) is 83.7 cm³/mol. The summed E-state index contributed by atoms with van der Waals surface area (Å²) in [6, 6.07) is 0.0322. The topological polar surface area (TPSA) is 64.0 Å². The molecule has 0 saturated carbocycles. The van der Waals surface area contributed by atoms with Crippen molar-refractivity contribution in [3.8, 4) is 0 Å². The van der Waals surface area contributed by atoms with Crippen LogP contribution >= 0.6 is 0 Å². The van der Waals surface area contributed by atoms with Gasteiger partial charge in [-0.2, -0.15) is 5.10 Å². The number of nitrogens with one attached hydrogen (secondary N) is 1. The van der Waals surface area contributed by atoms with Crippen molar-refractivity contribution in [2.45, 2.75) is 57.9 Å². The maximum Gasteiger partial charge on any atom is 0.272 e. The Kier molecular flexibility index (Phi) is 4.14. The summed E-state index contributed by atoms with van der Waals surface area (Å²) in [6.07, 6.45) is 8.40. The Balaban J connectivity index is 1.78. The number of allylic oxidation sites excluding steroid dienone is 1. The van der Waals surface area contributed by atoms with Gasteiger partial charge in [0.05, 0.1) is 0 Å². The van der Waals surface area contributed by atoms with Crippen LogP contribution in [-0.2, 0) is 24.7 Å². The molecular formula is C17H23N3O2. The Morgan fingerprint density at radius 3 is 2.86 bits per heavy atom. The van der Waals surface area contributed by atoms with E-state index in [2.05, 4.69) is 16.5 Å². The van der Waals surface area contributed by atoms with Gasteiger partial charge in [-0.1, -0.05) is 11.6 Å². The van der Waals surface area contributed by atoms with Crippen molar-refractivity contribution < 1.29 is 9.59 Å². The number of fused-ring (bicyclic) bond motifs is 1. The predicted octanol–water partition coefficient (Wildman–Crippen LogP) is 2.10. The fourth-order valence-electron chi connectivity index (χ4n) is 3.44. The molecule has 22 heavy (non-hydrogen) atoms. The van der Waals surface area contributed by atoms with Gasteiger partial charge in [-0.05, 0) is 39.0 Å². The number of carbonyl (C=O) groups is 2. The van der Waals surface area contributed by atoms with Crippen molar-refractivity contribution in [2.75, 3.05) is 0 Å². The number of hydrogen-bond acceptors (Lipinski definition) is 3. The van der Waals surface area contributed by atoms with E-state index >= 15 is 0 Å². The van der Waals surface area contributed by atoms with Crippen LogP contribution in [0.25, 0.3) is 0 Å². The molecule has 0 saturated heterocycles. The maximum atomic E-state index is 12.6. The van der Waals surface area contributed by atoms with Crippen LogP contribution < -0.4 is 5.32 Å². The van der Waals surface area contributed by atoms with Gasteiger partial charge in [-0.3, -0.25) is 14.3 Å². The highest BCUT2D eigenvalue weighted by Crippen LogP contribution is 2.23. The molecule has 118 valence electrons. The van der Waals surface area contributed by atoms with Crippen LogP contribution in [0.15, 0.2) is 11.6 Å². The molecule has 5 heteroatoms. The zero-order valence-electron chi connectivity index (χ0n) is 13.3. The van der Waals surface area contributed by atoms with Gasteiger partial charge < -0.3 is 5.32 Å². The first kappa shape index (κ1) is 15.0. The number of ketones is 1. The number of amides is 1. The second-order valence-corrected chi connectivity index (χ2v) is 6.33. The number of nitrogens with zero attached hydrogens (tertiary/aromatic N) is 2. The lowest BCUT2D eigenvalue weighted by molar-refractivity contribution is -0.118. The zero-order chi connectivity index (χ0) is 15.7. The molecule has 0 aromatic carbocycles. The van der Waals surface area contributed by atoms with Crippen LogP contribution in [0.5, 0.6) is 0 Å². The van der Waals surface area contributed by atoms with Gasteiger partial charge in [0, 0.05) is 37.2 Å². The van der Waals surface area contributed by atoms with Crippen LogP contribution in [0.2, 0.25) is 0 Å². The summed E-state index contributed by atoms with van der Waals surface area (Å²) in [5.41, 5.74) is 3.57. The Morgan fingerprint density at radius 1 is 1.32 bits per heavy atom. The van der Waals surface area contributed by atoms with Gasteiger partial charge in [0.15, 0.2) is 5.69 Å². The molecule has 0 unspecified atom stereocenters. The van der Waals surface area contributed by atoms with Crippen molar-refractivity contribution in [1.82, 2.24) is 15.1 Å². The van der Waals surface area contributed by atoms with Gasteiger partial charge in [0.25, 0.3) is 5.91 Å². The van der Waals surface area contributed by atoms with Crippen LogP contribution in [0.3, 0.4) is 0 Å². The van der Waals surface area contributed by atoms with Gasteiger partial charge in [-0.15, -0.1) is 0 Å². The molecule has 2 aliphatic carbocycles. The average molecular weight is 301 g/mol. The maximum absolute atomic E-state index is 12.6. The highest BCUT2D eigenvalue weighted by molar-refractivity contribution is 5.96. The molecule has 0 spiro atoms. The minimum atomic E-state index is -0.162. The Hall–Kier alpha value is -1.91. The van der Waals surface area contributed by atoms with E-state index in [1.807, 2.05) is 14.0 Å². The summed E-state index contributed by atoms with van der Waals surface area (Å²) in [5, 5.41) is 7.41. The number of rotatable bonds is 3. The minimum absolute atomic E-state index is 0.0322. The Labute approximate surface area is 130 Å². The molecular weight excluding hydrogens is 278 g/mol. The van der Waals surface area contributed by atoms with Crippen molar-refractivity contribution in [1.29, 1.82) is 0 Å². The van der Waals surface area contributed by atoms with Crippen LogP contribution in [-0.4, -0.2) is 27.5 Å². The average Bonchev–Trinajstić information content (AvgIpc) is 2.84. The number of Topliss-reactive ketones (excluding diaryl/α,β-unsaturated/α-hetero) is 1. The number of aryl methyl sites for hydroxylation is 1. The van der Waals surface area contributed by atoms with E-state index in [4.69, 9.17) is 0 Å². The van der Waals surface area contributed by atoms with E-state index in [0.29, 0.717) is 25.0 Å². The number of aromatic nitrogens is 2. The van der Waals surface area contributed by atoms with Crippen molar-refractivity contribution >= 4 is 11.7 Å². The standard InChI is InChI=1S/C17H23N3O2/c1-11(12-6-4-3-5-7-12)18-17(22)16-14-10-13(21)8-9-15(14)20(2)19-16/h6,11H,3-5,7-10H2,1-2H3,(H,18,22)/t11-/m1/s1. The summed E-state index contributed by atoms with van der Waals surface area (Å²) < 4.78 is 1.75. The van der Waals surface area contributed by atoms with Crippen LogP contribution in [0.4, 0.5) is 0 Å². The fraction of sp³-hybridized carbons (Fsp3) is 0.588. The van der Waals surface area contributed by atoms with Crippen molar-refractivity contribution in [3.63, 3.8) is 0 Å². The van der Waals surface area contributed by atoms with E-state index in [1.165, 1.54) is 18.4 Å². The first-order valence-electron chi connectivity index (χ1n) is 8.12. The molecule has 0 aliphatic heterocycles. The SMILES string of the molecule is C[C@@H](NC(=O)c1nn(C)c2c1CC(=O)CC2)C1=CCCCC1. The first-order chi connectivity index (χ1) is 10.6. The smallest absolute Gasteiger partial charge is 0.272 e. The summed E-state index contributed by atoms with van der Waals surface area (Å²) in [6.45, 7) is 2.02. The summed E-state index contributed by atoms with van der Waals surface area (Å²) in [4.78, 5) is 24.3. The molecule has 1 amide bonds. The molecule has 3 rings (SSSR count). The Morgan fingerprint density at radius 2 is 2.14 bits per heavy atom. The molecule has 1 aromatic rings. The number of carbonyl (C=O) groups excluding carboxylic acids is 2. The third kappa shape index (κ3) is 2.85. The van der Waals surface area contributed by atoms with E-state index < -0.39 is 0 Å². The van der Waals surface area contributed by atoms with Gasteiger partial charge in [-0.25, -0.2) is 0 Å².